The molecule has 0 fully saturated rings. The van der Waals surface area contributed by atoms with Crippen LogP contribution in [0.4, 0.5) is 5.69 Å². The summed E-state index contributed by atoms with van der Waals surface area (Å²) in [6.07, 6.45) is 0. The van der Waals surface area contributed by atoms with Gasteiger partial charge in [-0.25, -0.2) is 0 Å². The second-order valence-corrected chi connectivity index (χ2v) is 7.41. The first-order valence-electron chi connectivity index (χ1n) is 8.12. The van der Waals surface area contributed by atoms with Gasteiger partial charge in [0.15, 0.2) is 0 Å². The van der Waals surface area contributed by atoms with Crippen LogP contribution >= 0.6 is 22.9 Å². The predicted molar refractivity (Wildman–Crippen MR) is 104 cm³/mol. The van der Waals surface area contributed by atoms with E-state index >= 15 is 0 Å². The summed E-state index contributed by atoms with van der Waals surface area (Å²) < 4.78 is 0. The molecule has 3 aromatic rings. The molecule has 26 heavy (non-hydrogen) atoms. The summed E-state index contributed by atoms with van der Waals surface area (Å²) in [5.74, 6) is -0.413. The monoisotopic (exact) mass is 382 g/mol. The van der Waals surface area contributed by atoms with E-state index in [0.29, 0.717) is 16.3 Å². The molecule has 2 heterocycles. The Morgan fingerprint density at radius 2 is 1.92 bits per heavy atom. The number of carbonyl (C=O) groups is 2. The van der Waals surface area contributed by atoms with Crippen LogP contribution in [-0.2, 0) is 4.79 Å². The molecular weight excluding hydrogens is 368 g/mol. The van der Waals surface area contributed by atoms with Gasteiger partial charge >= 0.3 is 0 Å². The van der Waals surface area contributed by atoms with Gasteiger partial charge in [0, 0.05) is 26.7 Å². The number of nitrogens with one attached hydrogen (secondary N) is 1. The van der Waals surface area contributed by atoms with Crippen LogP contribution in [0.25, 0.3) is 0 Å². The van der Waals surface area contributed by atoms with E-state index in [9.17, 15) is 9.59 Å². The lowest BCUT2D eigenvalue weighted by Crippen LogP contribution is -2.38. The van der Waals surface area contributed by atoms with Crippen molar-refractivity contribution < 1.29 is 9.59 Å². The smallest absolute Gasteiger partial charge is 0.255 e. The first-order valence-corrected chi connectivity index (χ1v) is 9.38. The quantitative estimate of drug-likeness (QED) is 0.705. The topological polar surface area (TPSA) is 49.4 Å². The van der Waals surface area contributed by atoms with Gasteiger partial charge in [-0.15, -0.1) is 11.3 Å². The molecule has 0 bridgehead atoms. The Kier molecular flexibility index (Phi) is 4.49. The summed E-state index contributed by atoms with van der Waals surface area (Å²) >= 11 is 7.77. The average Bonchev–Trinajstić information content (AvgIpc) is 3.13. The molecule has 0 radical (unpaired) electrons. The number of amides is 2. The maximum Gasteiger partial charge on any atom is 0.255 e. The molecule has 1 unspecified atom stereocenters. The summed E-state index contributed by atoms with van der Waals surface area (Å²) in [5, 5.41) is 5.42. The second kappa shape index (κ2) is 6.94. The Labute approximate surface area is 160 Å². The maximum atomic E-state index is 13.2. The number of fused-ring (bicyclic) bond motifs is 1. The molecule has 2 aromatic carbocycles. The molecule has 0 saturated heterocycles. The van der Waals surface area contributed by atoms with Crippen molar-refractivity contribution >= 4 is 40.4 Å². The highest BCUT2D eigenvalue weighted by molar-refractivity contribution is 7.10. The minimum absolute atomic E-state index is 0.0252. The molecule has 6 heteroatoms. The molecule has 0 aliphatic carbocycles. The number of nitrogens with zero attached hydrogens (tertiary/aromatic N) is 1. The Balaban J connectivity index is 1.88. The van der Waals surface area contributed by atoms with Crippen LogP contribution in [-0.4, -0.2) is 23.3 Å². The number of rotatable bonds is 2. The van der Waals surface area contributed by atoms with Gasteiger partial charge in [-0.2, -0.15) is 0 Å². The number of hydrogen-bond acceptors (Lipinski definition) is 3. The Morgan fingerprint density at radius 3 is 2.65 bits per heavy atom. The van der Waals surface area contributed by atoms with Gasteiger partial charge in [0.2, 0.25) is 5.91 Å². The predicted octanol–water partition coefficient (Wildman–Crippen LogP) is 4.59. The lowest BCUT2D eigenvalue weighted by atomic mass is 10.0. The molecule has 1 N–H and O–H groups in total. The standard InChI is InChI=1S/C20H15ClN2O2S/c21-14-8-9-16-15(11-14)19(17-7-4-10-26-17)23(12-18(24)22-16)20(25)13-5-2-1-3-6-13/h1-11,19H,12H2,(H,22,24). The zero-order chi connectivity index (χ0) is 18.1. The second-order valence-electron chi connectivity index (χ2n) is 6.00. The summed E-state index contributed by atoms with van der Waals surface area (Å²) in [6.45, 7) is -0.0252. The van der Waals surface area contributed by atoms with Gasteiger partial charge in [0.25, 0.3) is 5.91 Å². The zero-order valence-electron chi connectivity index (χ0n) is 13.7. The van der Waals surface area contributed by atoms with E-state index in [2.05, 4.69) is 5.32 Å². The van der Waals surface area contributed by atoms with Gasteiger partial charge in [0.1, 0.15) is 6.54 Å². The van der Waals surface area contributed by atoms with Crippen molar-refractivity contribution in [2.45, 2.75) is 6.04 Å². The highest BCUT2D eigenvalue weighted by atomic mass is 35.5. The fraction of sp³-hybridized carbons (Fsp3) is 0.100. The van der Waals surface area contributed by atoms with Crippen molar-refractivity contribution in [3.05, 3.63) is 87.1 Å². The maximum absolute atomic E-state index is 13.2. The van der Waals surface area contributed by atoms with Crippen molar-refractivity contribution in [1.29, 1.82) is 0 Å². The molecule has 1 aliphatic heterocycles. The van der Waals surface area contributed by atoms with Crippen molar-refractivity contribution in [1.82, 2.24) is 4.90 Å². The number of halogens is 1. The normalized spacial score (nSPS) is 16.6. The molecule has 0 spiro atoms. The average molecular weight is 383 g/mol. The largest absolute Gasteiger partial charge is 0.324 e. The lowest BCUT2D eigenvalue weighted by molar-refractivity contribution is -0.117. The molecule has 0 saturated carbocycles. The van der Waals surface area contributed by atoms with Crippen molar-refractivity contribution in [2.24, 2.45) is 0 Å². The summed E-state index contributed by atoms with van der Waals surface area (Å²) in [5.41, 5.74) is 2.04. The van der Waals surface area contributed by atoms with Crippen molar-refractivity contribution in [3.63, 3.8) is 0 Å². The minimum atomic E-state index is -0.379. The van der Waals surface area contributed by atoms with E-state index < -0.39 is 0 Å². The van der Waals surface area contributed by atoms with Crippen LogP contribution in [0.2, 0.25) is 5.02 Å². The van der Waals surface area contributed by atoms with Gasteiger partial charge in [-0.05, 0) is 41.8 Å². The van der Waals surface area contributed by atoms with Crippen LogP contribution in [0.5, 0.6) is 0 Å². The summed E-state index contributed by atoms with van der Waals surface area (Å²) in [4.78, 5) is 28.3. The molecule has 4 rings (SSSR count). The number of carbonyl (C=O) groups excluding carboxylic acids is 2. The molecular formula is C20H15ClN2O2S. The Bertz CT molecular complexity index is 957. The van der Waals surface area contributed by atoms with Crippen LogP contribution in [0, 0.1) is 0 Å². The summed E-state index contributed by atoms with van der Waals surface area (Å²) in [6, 6.07) is 17.9. The van der Waals surface area contributed by atoms with Crippen LogP contribution in [0.15, 0.2) is 66.0 Å². The third-order valence-electron chi connectivity index (χ3n) is 4.30. The number of hydrogen-bond donors (Lipinski definition) is 1. The minimum Gasteiger partial charge on any atom is -0.324 e. The molecule has 1 aliphatic rings. The summed E-state index contributed by atoms with van der Waals surface area (Å²) in [7, 11) is 0. The molecule has 1 atom stereocenters. The van der Waals surface area contributed by atoms with E-state index in [0.717, 1.165) is 10.4 Å². The first kappa shape index (κ1) is 16.8. The highest BCUT2D eigenvalue weighted by Crippen LogP contribution is 2.39. The van der Waals surface area contributed by atoms with Crippen molar-refractivity contribution in [2.75, 3.05) is 11.9 Å². The Hall–Kier alpha value is -2.63. The van der Waals surface area contributed by atoms with Crippen LogP contribution in [0.3, 0.4) is 0 Å². The fourth-order valence-electron chi connectivity index (χ4n) is 3.17. The van der Waals surface area contributed by atoms with Gasteiger partial charge < -0.3 is 10.2 Å². The third-order valence-corrected chi connectivity index (χ3v) is 5.46. The molecule has 1 aromatic heterocycles. The Morgan fingerprint density at radius 1 is 1.12 bits per heavy atom. The zero-order valence-corrected chi connectivity index (χ0v) is 15.3. The van der Waals surface area contributed by atoms with E-state index in [1.54, 1.807) is 40.5 Å². The molecule has 4 nitrogen and oxygen atoms in total. The highest BCUT2D eigenvalue weighted by Gasteiger charge is 2.34. The molecule has 2 amide bonds. The number of benzene rings is 2. The van der Waals surface area contributed by atoms with E-state index in [-0.39, 0.29) is 24.4 Å². The van der Waals surface area contributed by atoms with Gasteiger partial charge in [-0.1, -0.05) is 35.9 Å². The van der Waals surface area contributed by atoms with E-state index in [1.807, 2.05) is 41.8 Å². The first-order chi connectivity index (χ1) is 12.6. The van der Waals surface area contributed by atoms with E-state index in [4.69, 9.17) is 11.6 Å². The van der Waals surface area contributed by atoms with Gasteiger partial charge in [0.05, 0.1) is 6.04 Å². The third kappa shape index (κ3) is 3.11. The van der Waals surface area contributed by atoms with Crippen LogP contribution in [0.1, 0.15) is 26.8 Å². The van der Waals surface area contributed by atoms with Crippen LogP contribution < -0.4 is 5.32 Å². The van der Waals surface area contributed by atoms with Gasteiger partial charge in [-0.3, -0.25) is 9.59 Å². The fourth-order valence-corrected chi connectivity index (χ4v) is 4.20. The number of anilines is 1. The SMILES string of the molecule is O=C1CN(C(=O)c2ccccc2)C(c2cccs2)c2cc(Cl)ccc2N1. The molecule has 130 valence electrons. The lowest BCUT2D eigenvalue weighted by Gasteiger charge is -2.29. The van der Waals surface area contributed by atoms with E-state index in [1.165, 1.54) is 0 Å². The number of thiophene rings is 1. The van der Waals surface area contributed by atoms with Crippen molar-refractivity contribution in [3.8, 4) is 0 Å².